The number of carbonyl (C=O) groups is 1. The van der Waals surface area contributed by atoms with Crippen molar-refractivity contribution in [3.63, 3.8) is 0 Å². The molecule has 0 aliphatic carbocycles. The van der Waals surface area contributed by atoms with Crippen LogP contribution in [0.5, 0.6) is 11.5 Å². The number of aromatic nitrogens is 2. The molecule has 7 heteroatoms. The van der Waals surface area contributed by atoms with Gasteiger partial charge in [-0.2, -0.15) is 0 Å². The van der Waals surface area contributed by atoms with Gasteiger partial charge in [0, 0.05) is 18.7 Å². The Bertz CT molecular complexity index is 1080. The Morgan fingerprint density at radius 2 is 2.00 bits per heavy atom. The monoisotopic (exact) mass is 411 g/mol. The van der Waals surface area contributed by atoms with E-state index in [0.29, 0.717) is 36.7 Å². The molecule has 1 amide bonds. The van der Waals surface area contributed by atoms with Crippen molar-refractivity contribution in [3.8, 4) is 11.5 Å². The summed E-state index contributed by atoms with van der Waals surface area (Å²) in [5.41, 5.74) is 2.04. The minimum Gasteiger partial charge on any atom is -0.454 e. The maximum absolute atomic E-state index is 13.8. The smallest absolute Gasteiger partial charge is 0.254 e. The highest BCUT2D eigenvalue weighted by Crippen LogP contribution is 2.33. The van der Waals surface area contributed by atoms with Crippen LogP contribution >= 0.6 is 0 Å². The maximum atomic E-state index is 13.8. The number of nitrogens with zero attached hydrogens (tertiary/aromatic N) is 3. The van der Waals surface area contributed by atoms with Crippen molar-refractivity contribution in [2.24, 2.45) is 5.92 Å². The SMILES string of the molecule is CCCn1c(CN(CC(C)C)C(=O)c2ccc3c(c2)OCO3)nc2ccc(F)cc21. The van der Waals surface area contributed by atoms with E-state index in [2.05, 4.69) is 20.8 Å². The number of halogens is 1. The quantitative estimate of drug-likeness (QED) is 0.570. The lowest BCUT2D eigenvalue weighted by atomic mass is 10.1. The molecule has 0 saturated heterocycles. The summed E-state index contributed by atoms with van der Waals surface area (Å²) in [5.74, 6) is 1.88. The first kappa shape index (κ1) is 20.2. The van der Waals surface area contributed by atoms with Crippen LogP contribution in [0.15, 0.2) is 36.4 Å². The van der Waals surface area contributed by atoms with Gasteiger partial charge in [-0.25, -0.2) is 9.37 Å². The standard InChI is InChI=1S/C23H26FN3O3/c1-4-9-27-19-11-17(24)6-7-18(19)25-22(27)13-26(12-15(2)3)23(28)16-5-8-20-21(10-16)30-14-29-20/h5-8,10-11,15H,4,9,12-14H2,1-3H3. The minimum atomic E-state index is -0.290. The summed E-state index contributed by atoms with van der Waals surface area (Å²) < 4.78 is 26.6. The van der Waals surface area contributed by atoms with Gasteiger partial charge in [0.2, 0.25) is 6.79 Å². The van der Waals surface area contributed by atoms with E-state index in [-0.39, 0.29) is 24.4 Å². The van der Waals surface area contributed by atoms with E-state index in [1.165, 1.54) is 12.1 Å². The first-order valence-electron chi connectivity index (χ1n) is 10.3. The second-order valence-electron chi connectivity index (χ2n) is 7.96. The van der Waals surface area contributed by atoms with Gasteiger partial charge in [-0.05, 0) is 48.7 Å². The van der Waals surface area contributed by atoms with Gasteiger partial charge < -0.3 is 18.9 Å². The fourth-order valence-corrected chi connectivity index (χ4v) is 3.78. The number of aryl methyl sites for hydroxylation is 1. The Morgan fingerprint density at radius 3 is 2.77 bits per heavy atom. The van der Waals surface area contributed by atoms with Gasteiger partial charge in [-0.3, -0.25) is 4.79 Å². The number of hydrogen-bond acceptors (Lipinski definition) is 4. The maximum Gasteiger partial charge on any atom is 0.254 e. The molecule has 0 unspecified atom stereocenters. The number of imidazole rings is 1. The summed E-state index contributed by atoms with van der Waals surface area (Å²) in [4.78, 5) is 19.9. The summed E-state index contributed by atoms with van der Waals surface area (Å²) >= 11 is 0. The number of carbonyl (C=O) groups excluding carboxylic acids is 1. The van der Waals surface area contributed by atoms with Gasteiger partial charge >= 0.3 is 0 Å². The Balaban J connectivity index is 1.68. The lowest BCUT2D eigenvalue weighted by Gasteiger charge is -2.25. The van der Waals surface area contributed by atoms with Crippen molar-refractivity contribution in [1.82, 2.24) is 14.5 Å². The summed E-state index contributed by atoms with van der Waals surface area (Å²) in [5, 5.41) is 0. The van der Waals surface area contributed by atoms with Crippen molar-refractivity contribution < 1.29 is 18.7 Å². The second-order valence-corrected chi connectivity index (χ2v) is 7.96. The van der Waals surface area contributed by atoms with Gasteiger partial charge in [-0.15, -0.1) is 0 Å². The van der Waals surface area contributed by atoms with E-state index in [0.717, 1.165) is 23.3 Å². The Hall–Kier alpha value is -3.09. The fourth-order valence-electron chi connectivity index (χ4n) is 3.78. The average molecular weight is 411 g/mol. The second kappa shape index (κ2) is 8.34. The molecule has 0 fully saturated rings. The fraction of sp³-hybridized carbons (Fsp3) is 0.391. The molecule has 3 aromatic rings. The van der Waals surface area contributed by atoms with Crippen molar-refractivity contribution in [3.05, 3.63) is 53.6 Å². The number of benzene rings is 2. The lowest BCUT2D eigenvalue weighted by Crippen LogP contribution is -2.34. The molecule has 1 aliphatic rings. The third-order valence-corrected chi connectivity index (χ3v) is 5.06. The van der Waals surface area contributed by atoms with E-state index in [4.69, 9.17) is 14.5 Å². The first-order valence-corrected chi connectivity index (χ1v) is 10.3. The lowest BCUT2D eigenvalue weighted by molar-refractivity contribution is 0.0716. The van der Waals surface area contributed by atoms with E-state index >= 15 is 0 Å². The van der Waals surface area contributed by atoms with Crippen LogP contribution in [0.1, 0.15) is 43.4 Å². The summed E-state index contributed by atoms with van der Waals surface area (Å²) in [6, 6.07) is 9.86. The molecule has 0 N–H and O–H groups in total. The molecular weight excluding hydrogens is 385 g/mol. The molecule has 2 heterocycles. The van der Waals surface area contributed by atoms with E-state index in [9.17, 15) is 9.18 Å². The zero-order valence-electron chi connectivity index (χ0n) is 17.5. The Kier molecular flexibility index (Phi) is 5.61. The van der Waals surface area contributed by atoms with Crippen molar-refractivity contribution in [2.45, 2.75) is 40.3 Å². The first-order chi connectivity index (χ1) is 14.5. The molecule has 2 aromatic carbocycles. The molecule has 6 nitrogen and oxygen atoms in total. The molecule has 1 aliphatic heterocycles. The van der Waals surface area contributed by atoms with Gasteiger partial charge in [0.05, 0.1) is 17.6 Å². The minimum absolute atomic E-state index is 0.0942. The molecule has 0 radical (unpaired) electrons. The van der Waals surface area contributed by atoms with Crippen molar-refractivity contribution in [1.29, 1.82) is 0 Å². The highest BCUT2D eigenvalue weighted by atomic mass is 19.1. The Labute approximate surface area is 175 Å². The zero-order valence-corrected chi connectivity index (χ0v) is 17.5. The van der Waals surface area contributed by atoms with Gasteiger partial charge in [0.25, 0.3) is 5.91 Å². The highest BCUT2D eigenvalue weighted by Gasteiger charge is 2.23. The summed E-state index contributed by atoms with van der Waals surface area (Å²) in [7, 11) is 0. The zero-order chi connectivity index (χ0) is 21.3. The molecule has 0 saturated carbocycles. The summed E-state index contributed by atoms with van der Waals surface area (Å²) in [6.45, 7) is 8.02. The molecule has 158 valence electrons. The molecule has 0 spiro atoms. The predicted octanol–water partition coefficient (Wildman–Crippen LogP) is 4.61. The number of hydrogen-bond donors (Lipinski definition) is 0. The highest BCUT2D eigenvalue weighted by molar-refractivity contribution is 5.95. The molecule has 30 heavy (non-hydrogen) atoms. The number of fused-ring (bicyclic) bond motifs is 2. The summed E-state index contributed by atoms with van der Waals surface area (Å²) in [6.07, 6.45) is 0.884. The van der Waals surface area contributed by atoms with E-state index < -0.39 is 0 Å². The van der Waals surface area contributed by atoms with Crippen LogP contribution in [0, 0.1) is 11.7 Å². The largest absolute Gasteiger partial charge is 0.454 e. The number of ether oxygens (including phenoxy) is 2. The van der Waals surface area contributed by atoms with Crippen molar-refractivity contribution >= 4 is 16.9 Å². The van der Waals surface area contributed by atoms with Crippen LogP contribution in [0.4, 0.5) is 4.39 Å². The van der Waals surface area contributed by atoms with E-state index in [1.807, 2.05) is 4.57 Å². The average Bonchev–Trinajstić information content (AvgIpc) is 3.31. The van der Waals surface area contributed by atoms with Crippen LogP contribution in [-0.4, -0.2) is 33.7 Å². The molecule has 0 bridgehead atoms. The third-order valence-electron chi connectivity index (χ3n) is 5.06. The third kappa shape index (κ3) is 3.97. The molecule has 1 aromatic heterocycles. The van der Waals surface area contributed by atoms with Crippen LogP contribution in [-0.2, 0) is 13.1 Å². The van der Waals surface area contributed by atoms with Crippen LogP contribution in [0.25, 0.3) is 11.0 Å². The van der Waals surface area contributed by atoms with E-state index in [1.54, 1.807) is 29.2 Å². The number of rotatable bonds is 7. The predicted molar refractivity (Wildman–Crippen MR) is 112 cm³/mol. The normalized spacial score (nSPS) is 12.7. The van der Waals surface area contributed by atoms with Gasteiger partial charge in [0.15, 0.2) is 11.5 Å². The molecular formula is C23H26FN3O3. The van der Waals surface area contributed by atoms with Crippen molar-refractivity contribution in [2.75, 3.05) is 13.3 Å². The van der Waals surface area contributed by atoms with Crippen LogP contribution < -0.4 is 9.47 Å². The van der Waals surface area contributed by atoms with Crippen LogP contribution in [0.3, 0.4) is 0 Å². The van der Waals surface area contributed by atoms with Gasteiger partial charge in [0.1, 0.15) is 11.6 Å². The Morgan fingerprint density at radius 1 is 1.20 bits per heavy atom. The van der Waals surface area contributed by atoms with Crippen LogP contribution in [0.2, 0.25) is 0 Å². The topological polar surface area (TPSA) is 56.6 Å². The molecule has 0 atom stereocenters. The molecule has 4 rings (SSSR count). The van der Waals surface area contributed by atoms with Gasteiger partial charge in [-0.1, -0.05) is 20.8 Å². The number of amides is 1.